The van der Waals surface area contributed by atoms with Crippen LogP contribution in [-0.4, -0.2) is 50.5 Å². The lowest BCUT2D eigenvalue weighted by Crippen LogP contribution is -2.54. The van der Waals surface area contributed by atoms with Gasteiger partial charge in [0.15, 0.2) is 8.32 Å². The number of nitrogens with zero attached hydrogens (tertiary/aromatic N) is 1. The Morgan fingerprint density at radius 3 is 2.87 bits per heavy atom. The first-order valence-electron chi connectivity index (χ1n) is 8.43. The largest absolute Gasteiger partial charge is 0.464 e. The molecule has 0 N–H and O–H groups in total. The van der Waals surface area contributed by atoms with Crippen molar-refractivity contribution in [1.82, 2.24) is 5.23 Å². The van der Waals surface area contributed by atoms with Crippen LogP contribution < -0.4 is 0 Å². The highest BCUT2D eigenvalue weighted by molar-refractivity contribution is 6.74. The summed E-state index contributed by atoms with van der Waals surface area (Å²) in [6, 6.07) is 0. The van der Waals surface area contributed by atoms with E-state index in [-0.39, 0.29) is 23.7 Å². The quantitative estimate of drug-likeness (QED) is 0.420. The summed E-state index contributed by atoms with van der Waals surface area (Å²) in [6.07, 6.45) is 2.25. The number of carbonyl (C=O) groups is 1. The molecule has 3 aliphatic heterocycles. The van der Waals surface area contributed by atoms with Crippen LogP contribution >= 0.6 is 0 Å². The first kappa shape index (κ1) is 17.1. The van der Waals surface area contributed by atoms with Crippen molar-refractivity contribution in [2.24, 2.45) is 0 Å². The minimum Gasteiger partial charge on any atom is -0.464 e. The lowest BCUT2D eigenvalue weighted by Gasteiger charge is -2.28. The highest BCUT2D eigenvalue weighted by Gasteiger charge is 2.78. The molecule has 23 heavy (non-hydrogen) atoms. The molecule has 3 aliphatic rings. The Morgan fingerprint density at radius 2 is 2.22 bits per heavy atom. The van der Waals surface area contributed by atoms with Crippen LogP contribution in [0.15, 0.2) is 12.2 Å². The Balaban J connectivity index is 1.86. The summed E-state index contributed by atoms with van der Waals surface area (Å²) in [6.45, 7) is 12.9. The summed E-state index contributed by atoms with van der Waals surface area (Å²) in [5.41, 5.74) is 0.268. The van der Waals surface area contributed by atoms with Gasteiger partial charge in [-0.2, -0.15) is 0 Å². The van der Waals surface area contributed by atoms with E-state index >= 15 is 0 Å². The summed E-state index contributed by atoms with van der Waals surface area (Å²) in [7, 11) is -2.06. The molecule has 0 unspecified atom stereocenters. The number of ether oxygens (including phenoxy) is 1. The van der Waals surface area contributed by atoms with Crippen LogP contribution in [0, 0.1) is 0 Å². The van der Waals surface area contributed by atoms with Crippen molar-refractivity contribution in [3.63, 3.8) is 0 Å². The SMILES string of the molecule is C=C(C)CCC[C@@H]1ON2OC[C@H]3[C@@]2(C(=O)OCC)[C@@H]1O[Si]3(C)C. The zero-order chi connectivity index (χ0) is 16.8. The zero-order valence-electron chi connectivity index (χ0n) is 14.5. The average molecular weight is 341 g/mol. The maximum atomic E-state index is 12.8. The number of hydrogen-bond donors (Lipinski definition) is 0. The topological polar surface area (TPSA) is 57.2 Å². The van der Waals surface area contributed by atoms with Gasteiger partial charge in [-0.15, -0.1) is 6.58 Å². The van der Waals surface area contributed by atoms with Crippen LogP contribution in [-0.2, 0) is 23.6 Å². The van der Waals surface area contributed by atoms with Crippen molar-refractivity contribution in [2.75, 3.05) is 13.2 Å². The van der Waals surface area contributed by atoms with Gasteiger partial charge < -0.3 is 9.16 Å². The number of hydrogen-bond acceptors (Lipinski definition) is 6. The van der Waals surface area contributed by atoms with Crippen LogP contribution in [0.25, 0.3) is 0 Å². The second-order valence-electron chi connectivity index (χ2n) is 7.29. The third-order valence-corrected chi connectivity index (χ3v) is 8.31. The first-order valence-corrected chi connectivity index (χ1v) is 11.4. The van der Waals surface area contributed by atoms with Crippen LogP contribution in [0.2, 0.25) is 18.6 Å². The molecule has 130 valence electrons. The molecule has 0 spiro atoms. The Kier molecular flexibility index (Phi) is 4.44. The predicted molar refractivity (Wildman–Crippen MR) is 86.8 cm³/mol. The number of hydroxylamine groups is 2. The third kappa shape index (κ3) is 2.49. The van der Waals surface area contributed by atoms with Crippen molar-refractivity contribution >= 4 is 14.3 Å². The zero-order valence-corrected chi connectivity index (χ0v) is 15.5. The summed E-state index contributed by atoms with van der Waals surface area (Å²) in [5.74, 6) is -0.270. The molecule has 7 heteroatoms. The lowest BCUT2D eigenvalue weighted by atomic mass is 9.86. The molecule has 3 saturated heterocycles. The molecule has 0 aliphatic carbocycles. The summed E-state index contributed by atoms with van der Waals surface area (Å²) < 4.78 is 11.8. The third-order valence-electron chi connectivity index (χ3n) is 5.16. The van der Waals surface area contributed by atoms with Crippen molar-refractivity contribution in [3.8, 4) is 0 Å². The highest BCUT2D eigenvalue weighted by atomic mass is 28.4. The number of carbonyl (C=O) groups excluding carboxylic acids is 1. The normalized spacial score (nSPS) is 37.8. The minimum atomic E-state index is -2.06. The van der Waals surface area contributed by atoms with Gasteiger partial charge >= 0.3 is 5.97 Å². The van der Waals surface area contributed by atoms with E-state index in [0.29, 0.717) is 13.2 Å². The van der Waals surface area contributed by atoms with Gasteiger partial charge in [0.05, 0.1) is 13.2 Å². The molecule has 3 heterocycles. The first-order chi connectivity index (χ1) is 10.8. The van der Waals surface area contributed by atoms with E-state index in [1.165, 1.54) is 5.23 Å². The van der Waals surface area contributed by atoms with Gasteiger partial charge in [-0.1, -0.05) is 5.57 Å². The van der Waals surface area contributed by atoms with Crippen LogP contribution in [0.5, 0.6) is 0 Å². The molecule has 0 bridgehead atoms. The Bertz CT molecular complexity index is 511. The molecular formula is C16H27NO5Si. The molecule has 0 amide bonds. The smallest absolute Gasteiger partial charge is 0.334 e. The van der Waals surface area contributed by atoms with Gasteiger partial charge in [-0.25, -0.2) is 4.79 Å². The molecular weight excluding hydrogens is 314 g/mol. The highest BCUT2D eigenvalue weighted by Crippen LogP contribution is 2.58. The molecule has 3 fully saturated rings. The second kappa shape index (κ2) is 5.97. The summed E-state index contributed by atoms with van der Waals surface area (Å²) in [5, 5.41) is 1.41. The van der Waals surface area contributed by atoms with Crippen LogP contribution in [0.4, 0.5) is 0 Å². The van der Waals surface area contributed by atoms with Gasteiger partial charge in [0.1, 0.15) is 12.2 Å². The van der Waals surface area contributed by atoms with Crippen molar-refractivity contribution in [1.29, 1.82) is 0 Å². The summed E-state index contributed by atoms with van der Waals surface area (Å²) >= 11 is 0. The molecule has 0 aromatic carbocycles. The van der Waals surface area contributed by atoms with E-state index < -0.39 is 13.9 Å². The van der Waals surface area contributed by atoms with Crippen molar-refractivity contribution < 1.29 is 23.6 Å². The maximum absolute atomic E-state index is 12.8. The Labute approximate surface area is 138 Å². The predicted octanol–water partition coefficient (Wildman–Crippen LogP) is 2.57. The van der Waals surface area contributed by atoms with Gasteiger partial charge in [-0.05, 0) is 51.4 Å². The van der Waals surface area contributed by atoms with Gasteiger partial charge in [-0.3, -0.25) is 9.68 Å². The van der Waals surface area contributed by atoms with Crippen molar-refractivity contribution in [2.45, 2.75) is 69.5 Å². The molecule has 0 aromatic heterocycles. The van der Waals surface area contributed by atoms with E-state index in [4.69, 9.17) is 18.8 Å². The number of allylic oxidation sites excluding steroid dienone is 1. The van der Waals surface area contributed by atoms with Gasteiger partial charge in [0.25, 0.3) is 0 Å². The number of rotatable bonds is 6. The molecule has 6 nitrogen and oxygen atoms in total. The Hall–Kier alpha value is -0.733. The molecule has 0 radical (unpaired) electrons. The van der Waals surface area contributed by atoms with Gasteiger partial charge in [0, 0.05) is 5.54 Å². The molecule has 3 rings (SSSR count). The number of esters is 1. The second-order valence-corrected chi connectivity index (χ2v) is 11.4. The van der Waals surface area contributed by atoms with E-state index in [0.717, 1.165) is 24.8 Å². The fourth-order valence-corrected chi connectivity index (χ4v) is 7.15. The lowest BCUT2D eigenvalue weighted by molar-refractivity contribution is -0.355. The van der Waals surface area contributed by atoms with E-state index in [1.807, 2.05) is 13.8 Å². The van der Waals surface area contributed by atoms with Crippen LogP contribution in [0.1, 0.15) is 33.1 Å². The standard InChI is InChI=1S/C16H27NO5Si/c1-6-19-15(18)16-13-10-20-17(16)21-12(9-7-8-11(2)3)14(16)22-23(13,4)5/h12-14H,2,6-10H2,1,3-5H3/t12-,13-,14+,16-/m0/s1. The molecule has 0 aromatic rings. The van der Waals surface area contributed by atoms with E-state index in [1.54, 1.807) is 0 Å². The van der Waals surface area contributed by atoms with Crippen LogP contribution in [0.3, 0.4) is 0 Å². The average Bonchev–Trinajstić information content (AvgIpc) is 3.03. The van der Waals surface area contributed by atoms with E-state index in [9.17, 15) is 4.79 Å². The summed E-state index contributed by atoms with van der Waals surface area (Å²) in [4.78, 5) is 24.5. The fourth-order valence-electron chi connectivity index (χ4n) is 4.08. The fraction of sp³-hybridized carbons (Fsp3) is 0.812. The maximum Gasteiger partial charge on any atom is 0.334 e. The van der Waals surface area contributed by atoms with Gasteiger partial charge in [0.2, 0.25) is 5.54 Å². The van der Waals surface area contributed by atoms with E-state index in [2.05, 4.69) is 19.7 Å². The monoisotopic (exact) mass is 341 g/mol. The molecule has 4 atom stereocenters. The van der Waals surface area contributed by atoms with Crippen molar-refractivity contribution in [3.05, 3.63) is 12.2 Å². The minimum absolute atomic E-state index is 0.0326. The Morgan fingerprint density at radius 1 is 1.48 bits per heavy atom. The molecule has 0 saturated carbocycles.